The third-order valence-corrected chi connectivity index (χ3v) is 3.89. The average molecular weight is 366 g/mol. The number of rotatable bonds is 5. The molecule has 2 aromatic rings. The van der Waals surface area contributed by atoms with E-state index in [0.29, 0.717) is 28.4 Å². The summed E-state index contributed by atoms with van der Waals surface area (Å²) in [5.41, 5.74) is 1.62. The quantitative estimate of drug-likeness (QED) is 0.457. The van der Waals surface area contributed by atoms with E-state index in [1.807, 2.05) is 0 Å². The predicted octanol–water partition coefficient (Wildman–Crippen LogP) is 3.61. The van der Waals surface area contributed by atoms with Gasteiger partial charge in [0.15, 0.2) is 11.5 Å². The van der Waals surface area contributed by atoms with Crippen LogP contribution in [0.4, 0.5) is 0 Å². The minimum Gasteiger partial charge on any atom is -0.497 e. The summed E-state index contributed by atoms with van der Waals surface area (Å²) in [7, 11) is 3.06. The van der Waals surface area contributed by atoms with Gasteiger partial charge in [0.25, 0.3) is 0 Å². The highest BCUT2D eigenvalue weighted by Crippen LogP contribution is 2.35. The maximum Gasteiger partial charge on any atom is 0.343 e. The molecule has 0 amide bonds. The normalized spacial score (nSPS) is 14.6. The highest BCUT2D eigenvalue weighted by molar-refractivity contribution is 6.05. The molecule has 0 saturated carbocycles. The smallest absolute Gasteiger partial charge is 0.343 e. The van der Waals surface area contributed by atoms with Crippen molar-refractivity contribution in [2.24, 2.45) is 0 Å². The first-order valence-corrected chi connectivity index (χ1v) is 8.17. The molecule has 0 fully saturated rings. The molecule has 1 aliphatic heterocycles. The maximum atomic E-state index is 12.3. The molecular formula is C21H18O6. The zero-order valence-corrected chi connectivity index (χ0v) is 15.1. The van der Waals surface area contributed by atoms with Crippen LogP contribution in [0.25, 0.3) is 11.8 Å². The van der Waals surface area contributed by atoms with Gasteiger partial charge in [-0.05, 0) is 42.5 Å². The van der Waals surface area contributed by atoms with E-state index in [1.165, 1.54) is 14.0 Å². The van der Waals surface area contributed by atoms with E-state index in [1.54, 1.807) is 61.7 Å². The molecule has 0 aliphatic carbocycles. The van der Waals surface area contributed by atoms with Crippen LogP contribution < -0.4 is 14.2 Å². The number of hydrogen-bond acceptors (Lipinski definition) is 6. The van der Waals surface area contributed by atoms with Crippen molar-refractivity contribution in [3.63, 3.8) is 0 Å². The number of ether oxygens (including phenoxy) is 4. The Kier molecular flexibility index (Phi) is 5.26. The van der Waals surface area contributed by atoms with E-state index < -0.39 is 11.9 Å². The molecule has 1 aliphatic rings. The van der Waals surface area contributed by atoms with Gasteiger partial charge in [-0.3, -0.25) is 4.79 Å². The number of para-hydroxylation sites is 1. The van der Waals surface area contributed by atoms with Crippen LogP contribution in [-0.2, 0) is 14.3 Å². The molecule has 0 bridgehead atoms. The van der Waals surface area contributed by atoms with Crippen LogP contribution in [-0.4, -0.2) is 26.2 Å². The Morgan fingerprint density at radius 2 is 1.78 bits per heavy atom. The van der Waals surface area contributed by atoms with Gasteiger partial charge in [0.2, 0.25) is 0 Å². The van der Waals surface area contributed by atoms with Crippen molar-refractivity contribution in [2.75, 3.05) is 14.2 Å². The van der Waals surface area contributed by atoms with Crippen molar-refractivity contribution < 1.29 is 28.5 Å². The van der Waals surface area contributed by atoms with Crippen molar-refractivity contribution in [1.82, 2.24) is 0 Å². The molecule has 138 valence electrons. The molecule has 6 nitrogen and oxygen atoms in total. The Hall–Kier alpha value is -3.54. The Morgan fingerprint density at radius 1 is 1.04 bits per heavy atom. The molecule has 0 unspecified atom stereocenters. The third kappa shape index (κ3) is 4.00. The maximum absolute atomic E-state index is 12.3. The summed E-state index contributed by atoms with van der Waals surface area (Å²) < 4.78 is 21.0. The summed E-state index contributed by atoms with van der Waals surface area (Å²) >= 11 is 0. The molecule has 27 heavy (non-hydrogen) atoms. The van der Waals surface area contributed by atoms with Gasteiger partial charge >= 0.3 is 11.9 Å². The minimum absolute atomic E-state index is 0.249. The minimum atomic E-state index is -0.489. The first-order valence-electron chi connectivity index (χ1n) is 8.17. The van der Waals surface area contributed by atoms with Gasteiger partial charge in [0.1, 0.15) is 11.5 Å². The van der Waals surface area contributed by atoms with Crippen molar-refractivity contribution >= 4 is 23.8 Å². The van der Waals surface area contributed by atoms with E-state index in [-0.39, 0.29) is 5.75 Å². The lowest BCUT2D eigenvalue weighted by atomic mass is 10.1. The van der Waals surface area contributed by atoms with Crippen LogP contribution in [0.3, 0.4) is 0 Å². The van der Waals surface area contributed by atoms with Gasteiger partial charge in [-0.15, -0.1) is 0 Å². The van der Waals surface area contributed by atoms with E-state index in [9.17, 15) is 9.59 Å². The van der Waals surface area contributed by atoms with Crippen LogP contribution in [0.5, 0.6) is 17.2 Å². The molecule has 0 atom stereocenters. The van der Waals surface area contributed by atoms with Gasteiger partial charge in [0, 0.05) is 18.1 Å². The monoisotopic (exact) mass is 366 g/mol. The lowest BCUT2D eigenvalue weighted by Gasteiger charge is -2.10. The van der Waals surface area contributed by atoms with Crippen molar-refractivity contribution in [3.8, 4) is 17.2 Å². The van der Waals surface area contributed by atoms with Crippen molar-refractivity contribution in [1.29, 1.82) is 0 Å². The lowest BCUT2D eigenvalue weighted by molar-refractivity contribution is -0.132. The Balaban J connectivity index is 1.98. The summed E-state index contributed by atoms with van der Waals surface area (Å²) in [6, 6.07) is 12.3. The summed E-state index contributed by atoms with van der Waals surface area (Å²) in [6.07, 6.45) is 3.24. The van der Waals surface area contributed by atoms with E-state index in [2.05, 4.69) is 0 Å². The number of hydrogen-bond donors (Lipinski definition) is 0. The second-order valence-corrected chi connectivity index (χ2v) is 5.70. The topological polar surface area (TPSA) is 71.1 Å². The van der Waals surface area contributed by atoms with E-state index in [0.717, 1.165) is 5.56 Å². The number of cyclic esters (lactones) is 1. The number of benzene rings is 2. The Bertz CT molecular complexity index is 938. The summed E-state index contributed by atoms with van der Waals surface area (Å²) in [6.45, 7) is 1.30. The number of methoxy groups -OCH3 is 2. The zero-order valence-electron chi connectivity index (χ0n) is 15.1. The molecule has 0 spiro atoms. The Labute approximate surface area is 156 Å². The van der Waals surface area contributed by atoms with E-state index in [4.69, 9.17) is 18.9 Å². The molecule has 0 saturated heterocycles. The molecule has 6 heteroatoms. The zero-order chi connectivity index (χ0) is 19.4. The number of esters is 2. The fourth-order valence-electron chi connectivity index (χ4n) is 2.61. The number of carbonyl (C=O) groups is 2. The molecule has 3 rings (SSSR count). The molecule has 0 N–H and O–H groups in total. The van der Waals surface area contributed by atoms with Crippen molar-refractivity contribution in [3.05, 3.63) is 65.2 Å². The fraction of sp³-hybridized carbons (Fsp3) is 0.143. The number of carbonyl (C=O) groups excluding carboxylic acids is 2. The summed E-state index contributed by atoms with van der Waals surface area (Å²) in [4.78, 5) is 23.7. The SMILES string of the molecule is COc1ccc(C2=C/C(=C\c3cccc(OC)c3OC(C)=O)C(=O)O2)cc1. The molecule has 0 radical (unpaired) electrons. The van der Waals surface area contributed by atoms with Crippen LogP contribution in [0.1, 0.15) is 18.1 Å². The van der Waals surface area contributed by atoms with Gasteiger partial charge in [0.05, 0.1) is 19.8 Å². The molecule has 1 heterocycles. The first-order chi connectivity index (χ1) is 13.0. The van der Waals surface area contributed by atoms with Gasteiger partial charge in [-0.25, -0.2) is 4.79 Å². The summed E-state index contributed by atoms with van der Waals surface area (Å²) in [5.74, 6) is 0.817. The highest BCUT2D eigenvalue weighted by atomic mass is 16.6. The van der Waals surface area contributed by atoms with Crippen LogP contribution in [0.2, 0.25) is 0 Å². The predicted molar refractivity (Wildman–Crippen MR) is 99.3 cm³/mol. The highest BCUT2D eigenvalue weighted by Gasteiger charge is 2.23. The second kappa shape index (κ2) is 7.78. The molecule has 2 aromatic carbocycles. The first kappa shape index (κ1) is 18.3. The van der Waals surface area contributed by atoms with Crippen molar-refractivity contribution in [2.45, 2.75) is 6.92 Å². The summed E-state index contributed by atoms with van der Waals surface area (Å²) in [5, 5.41) is 0. The van der Waals surface area contributed by atoms with Gasteiger partial charge < -0.3 is 18.9 Å². The average Bonchev–Trinajstić information content (AvgIpc) is 3.03. The van der Waals surface area contributed by atoms with Crippen LogP contribution in [0.15, 0.2) is 54.1 Å². The van der Waals surface area contributed by atoms with E-state index >= 15 is 0 Å². The van der Waals surface area contributed by atoms with Gasteiger partial charge in [-0.1, -0.05) is 12.1 Å². The molecular weight excluding hydrogens is 348 g/mol. The largest absolute Gasteiger partial charge is 0.497 e. The third-order valence-electron chi connectivity index (χ3n) is 3.89. The van der Waals surface area contributed by atoms with Crippen LogP contribution in [0, 0.1) is 0 Å². The Morgan fingerprint density at radius 3 is 2.41 bits per heavy atom. The second-order valence-electron chi connectivity index (χ2n) is 5.70. The van der Waals surface area contributed by atoms with Gasteiger partial charge in [-0.2, -0.15) is 0 Å². The fourth-order valence-corrected chi connectivity index (χ4v) is 2.61. The lowest BCUT2D eigenvalue weighted by Crippen LogP contribution is -2.05. The standard InChI is InChI=1S/C21H18O6/c1-13(22)26-20-15(5-4-6-18(20)25-3)11-16-12-19(27-21(16)23)14-7-9-17(24-2)10-8-14/h4-12H,1-3H3/b16-11+. The molecule has 0 aromatic heterocycles. The van der Waals surface area contributed by atoms with Crippen LogP contribution >= 0.6 is 0 Å².